The Labute approximate surface area is 207 Å². The van der Waals surface area contributed by atoms with Gasteiger partial charge in [0.15, 0.2) is 0 Å². The number of nitrogens with zero attached hydrogens (tertiary/aromatic N) is 3. The normalized spacial score (nSPS) is 15.9. The maximum atomic E-state index is 13.3. The maximum Gasteiger partial charge on any atom is 0.267 e. The third-order valence-electron chi connectivity index (χ3n) is 5.50. The molecular weight excluding hydrogens is 468 g/mol. The molecule has 1 fully saturated rings. The van der Waals surface area contributed by atoms with Crippen LogP contribution in [0, 0.1) is 0 Å². The Morgan fingerprint density at radius 1 is 1.18 bits per heavy atom. The van der Waals surface area contributed by atoms with Crippen molar-refractivity contribution in [2.45, 2.75) is 26.3 Å². The number of carbonyl (C=O) groups excluding carboxylic acids is 1. The highest BCUT2D eigenvalue weighted by atomic mass is 32.2. The molecule has 2 aromatic heterocycles. The van der Waals surface area contributed by atoms with E-state index in [1.54, 1.807) is 29.3 Å². The Bertz CT molecular complexity index is 1290. The fourth-order valence-corrected chi connectivity index (χ4v) is 5.12. The average molecular weight is 495 g/mol. The van der Waals surface area contributed by atoms with Crippen molar-refractivity contribution < 1.29 is 9.53 Å². The third kappa shape index (κ3) is 5.06. The van der Waals surface area contributed by atoms with Gasteiger partial charge in [0.1, 0.15) is 15.8 Å². The minimum Gasteiger partial charge on any atom is -0.382 e. The molecule has 1 amide bonds. The summed E-state index contributed by atoms with van der Waals surface area (Å²) >= 11 is 6.74. The Balaban J connectivity index is 1.68. The molecule has 1 saturated heterocycles. The van der Waals surface area contributed by atoms with Gasteiger partial charge in [-0.05, 0) is 44.0 Å². The predicted molar refractivity (Wildman–Crippen MR) is 141 cm³/mol. The lowest BCUT2D eigenvalue weighted by Gasteiger charge is -2.23. The van der Waals surface area contributed by atoms with Gasteiger partial charge in [-0.2, -0.15) is 0 Å². The molecule has 0 radical (unpaired) electrons. The average Bonchev–Trinajstić information content (AvgIpc) is 3.13. The van der Waals surface area contributed by atoms with Crippen LogP contribution in [0.5, 0.6) is 0 Å². The first kappa shape index (κ1) is 24.1. The van der Waals surface area contributed by atoms with Crippen molar-refractivity contribution in [2.24, 2.45) is 0 Å². The third-order valence-corrected chi connectivity index (χ3v) is 6.83. The van der Waals surface area contributed by atoms with Crippen molar-refractivity contribution in [3.63, 3.8) is 0 Å². The van der Waals surface area contributed by atoms with Crippen LogP contribution in [0.3, 0.4) is 0 Å². The molecule has 1 N–H and O–H groups in total. The van der Waals surface area contributed by atoms with E-state index in [4.69, 9.17) is 17.0 Å². The second kappa shape index (κ2) is 10.9. The number of anilines is 1. The van der Waals surface area contributed by atoms with E-state index in [1.807, 2.05) is 50.2 Å². The molecule has 1 aliphatic rings. The van der Waals surface area contributed by atoms with E-state index in [2.05, 4.69) is 10.3 Å². The largest absolute Gasteiger partial charge is 0.382 e. The molecule has 0 unspecified atom stereocenters. The van der Waals surface area contributed by atoms with E-state index in [9.17, 15) is 9.59 Å². The number of ether oxygens (including phenoxy) is 1. The van der Waals surface area contributed by atoms with Crippen molar-refractivity contribution in [2.75, 3.05) is 25.1 Å². The summed E-state index contributed by atoms with van der Waals surface area (Å²) in [6.07, 6.45) is 4.04. The number of fused-ring (bicyclic) bond motifs is 1. The highest BCUT2D eigenvalue weighted by Gasteiger charge is 2.36. The Morgan fingerprint density at radius 3 is 2.71 bits per heavy atom. The molecule has 3 heterocycles. The van der Waals surface area contributed by atoms with Gasteiger partial charge < -0.3 is 10.1 Å². The standard InChI is InChI=1S/C25H26N4O3S2/c1-3-32-15-9-13-26-22-19(23(30)28-14-8-7-12-21(28)27-22)16-20-24(31)29(25(33)34-20)17(2)18-10-5-4-6-11-18/h4-8,10-12,14,16-17,26H,3,9,13,15H2,1-2H3/b20-16+/t17-/m1/s1. The summed E-state index contributed by atoms with van der Waals surface area (Å²) in [5.41, 5.74) is 1.60. The molecule has 1 aromatic carbocycles. The van der Waals surface area contributed by atoms with Gasteiger partial charge in [-0.3, -0.25) is 18.9 Å². The first-order valence-corrected chi connectivity index (χ1v) is 12.4. The number of thioether (sulfide) groups is 1. The first-order chi connectivity index (χ1) is 16.5. The lowest BCUT2D eigenvalue weighted by Crippen LogP contribution is -2.31. The van der Waals surface area contributed by atoms with Gasteiger partial charge in [0.05, 0.1) is 16.5 Å². The van der Waals surface area contributed by atoms with Crippen LogP contribution >= 0.6 is 24.0 Å². The Hall–Kier alpha value is -3.01. The Morgan fingerprint density at radius 2 is 1.94 bits per heavy atom. The fourth-order valence-electron chi connectivity index (χ4n) is 3.72. The van der Waals surface area contributed by atoms with E-state index in [1.165, 1.54) is 16.2 Å². The number of nitrogens with one attached hydrogen (secondary N) is 1. The summed E-state index contributed by atoms with van der Waals surface area (Å²) in [4.78, 5) is 33.3. The zero-order valence-electron chi connectivity index (χ0n) is 19.1. The van der Waals surface area contributed by atoms with Gasteiger partial charge in [0.25, 0.3) is 11.5 Å². The van der Waals surface area contributed by atoms with Crippen LogP contribution in [0.25, 0.3) is 11.7 Å². The van der Waals surface area contributed by atoms with Crippen molar-refractivity contribution >= 4 is 51.7 Å². The minimum absolute atomic E-state index is 0.216. The number of pyridine rings is 1. The van der Waals surface area contributed by atoms with Gasteiger partial charge in [-0.1, -0.05) is 60.4 Å². The van der Waals surface area contributed by atoms with Crippen molar-refractivity contribution in [1.82, 2.24) is 14.3 Å². The Kier molecular flexibility index (Phi) is 7.77. The monoisotopic (exact) mass is 494 g/mol. The predicted octanol–water partition coefficient (Wildman–Crippen LogP) is 4.50. The minimum atomic E-state index is -0.251. The van der Waals surface area contributed by atoms with Crippen LogP contribution in [0.2, 0.25) is 0 Å². The summed E-state index contributed by atoms with van der Waals surface area (Å²) in [5, 5.41) is 3.25. The molecule has 3 aromatic rings. The van der Waals surface area contributed by atoms with E-state index >= 15 is 0 Å². The molecule has 1 atom stereocenters. The zero-order valence-corrected chi connectivity index (χ0v) is 20.7. The number of rotatable bonds is 9. The first-order valence-electron chi connectivity index (χ1n) is 11.2. The summed E-state index contributed by atoms with van der Waals surface area (Å²) in [6, 6.07) is 14.9. The molecule has 7 nitrogen and oxygen atoms in total. The smallest absolute Gasteiger partial charge is 0.267 e. The number of hydrogen-bond donors (Lipinski definition) is 1. The number of amides is 1. The molecule has 0 aliphatic carbocycles. The van der Waals surface area contributed by atoms with Crippen LogP contribution in [0.4, 0.5) is 5.82 Å². The molecule has 176 valence electrons. The lowest BCUT2D eigenvalue weighted by atomic mass is 10.1. The summed E-state index contributed by atoms with van der Waals surface area (Å²) in [6.45, 7) is 5.75. The molecule has 0 spiro atoms. The van der Waals surface area contributed by atoms with Crippen LogP contribution in [0.15, 0.2) is 64.4 Å². The van der Waals surface area contributed by atoms with Gasteiger partial charge >= 0.3 is 0 Å². The van der Waals surface area contributed by atoms with E-state index < -0.39 is 0 Å². The SMILES string of the molecule is CCOCCCNc1nc2ccccn2c(=O)c1/C=C1/SC(=S)N([C@H](C)c2ccccc2)C1=O. The van der Waals surface area contributed by atoms with Gasteiger partial charge in [0.2, 0.25) is 0 Å². The van der Waals surface area contributed by atoms with Crippen molar-refractivity contribution in [1.29, 1.82) is 0 Å². The highest BCUT2D eigenvalue weighted by molar-refractivity contribution is 8.26. The van der Waals surface area contributed by atoms with Crippen molar-refractivity contribution in [3.05, 3.63) is 81.1 Å². The number of thiocarbonyl (C=S) groups is 1. The van der Waals surface area contributed by atoms with Gasteiger partial charge in [0, 0.05) is 26.0 Å². The maximum absolute atomic E-state index is 13.3. The van der Waals surface area contributed by atoms with Crippen LogP contribution in [-0.2, 0) is 9.53 Å². The molecule has 9 heteroatoms. The molecule has 4 rings (SSSR count). The summed E-state index contributed by atoms with van der Waals surface area (Å²) in [5.74, 6) is 0.222. The molecule has 0 saturated carbocycles. The molecular formula is C25H26N4O3S2. The highest BCUT2D eigenvalue weighted by Crippen LogP contribution is 2.38. The topological polar surface area (TPSA) is 75.9 Å². The van der Waals surface area contributed by atoms with E-state index in [0.717, 1.165) is 12.0 Å². The second-order valence-electron chi connectivity index (χ2n) is 7.72. The fraction of sp³-hybridized carbons (Fsp3) is 0.280. The molecule has 1 aliphatic heterocycles. The summed E-state index contributed by atoms with van der Waals surface area (Å²) < 4.78 is 7.34. The quantitative estimate of drug-likeness (QED) is 0.267. The van der Waals surface area contributed by atoms with E-state index in [-0.39, 0.29) is 17.5 Å². The molecule has 34 heavy (non-hydrogen) atoms. The molecule has 0 bridgehead atoms. The van der Waals surface area contributed by atoms with Crippen molar-refractivity contribution in [3.8, 4) is 0 Å². The zero-order chi connectivity index (χ0) is 24.1. The number of benzene rings is 1. The van der Waals surface area contributed by atoms with Crippen LogP contribution < -0.4 is 10.9 Å². The lowest BCUT2D eigenvalue weighted by molar-refractivity contribution is -0.123. The van der Waals surface area contributed by atoms with Gasteiger partial charge in [-0.25, -0.2) is 4.98 Å². The van der Waals surface area contributed by atoms with Crippen LogP contribution in [-0.4, -0.2) is 44.3 Å². The number of hydrogen-bond acceptors (Lipinski definition) is 7. The summed E-state index contributed by atoms with van der Waals surface area (Å²) in [7, 11) is 0. The number of aromatic nitrogens is 2. The second-order valence-corrected chi connectivity index (χ2v) is 9.40. The van der Waals surface area contributed by atoms with Gasteiger partial charge in [-0.15, -0.1) is 0 Å². The number of carbonyl (C=O) groups is 1. The van der Waals surface area contributed by atoms with E-state index in [0.29, 0.717) is 46.0 Å². The van der Waals surface area contributed by atoms with Crippen LogP contribution in [0.1, 0.15) is 37.4 Å².